The van der Waals surface area contributed by atoms with Gasteiger partial charge < -0.3 is 10.6 Å². The molecule has 10 heteroatoms. The molecule has 3 rings (SSSR count). The number of non-ortho nitro benzene ring substituents is 1. The van der Waals surface area contributed by atoms with E-state index in [1.165, 1.54) is 24.5 Å². The molecule has 2 N–H and O–H groups in total. The summed E-state index contributed by atoms with van der Waals surface area (Å²) >= 11 is 0. The van der Waals surface area contributed by atoms with E-state index in [0.29, 0.717) is 0 Å². The van der Waals surface area contributed by atoms with Crippen LogP contribution >= 0.6 is 0 Å². The molecule has 0 saturated heterocycles. The Morgan fingerprint density at radius 1 is 1.21 bits per heavy atom. The summed E-state index contributed by atoms with van der Waals surface area (Å²) in [4.78, 5) is 38.3. The largest absolute Gasteiger partial charge is 0.348 e. The van der Waals surface area contributed by atoms with Gasteiger partial charge in [0.25, 0.3) is 11.6 Å². The molecule has 0 fully saturated rings. The first kappa shape index (κ1) is 19.7. The van der Waals surface area contributed by atoms with Crippen molar-refractivity contribution in [1.82, 2.24) is 25.4 Å². The van der Waals surface area contributed by atoms with Gasteiger partial charge in [0.1, 0.15) is 12.7 Å². The first-order chi connectivity index (χ1) is 13.9. The molecule has 0 bridgehead atoms. The topological polar surface area (TPSA) is 132 Å². The zero-order chi connectivity index (χ0) is 20.8. The second kappa shape index (κ2) is 8.74. The Morgan fingerprint density at radius 3 is 2.62 bits per heavy atom. The fourth-order valence-corrected chi connectivity index (χ4v) is 2.66. The average molecular weight is 394 g/mol. The number of nitrogens with zero attached hydrogens (tertiary/aromatic N) is 4. The Kier molecular flexibility index (Phi) is 5.93. The standard InChI is InChI=1S/C19H18N6O4/c1-13(14-5-7-16(8-6-14)24-12-20-11-22-24)23-18(26)10-21-19(27)15-3-2-4-17(9-15)25(28)29/h2-9,11-13H,10H2,1H3,(H,21,27)(H,23,26). The van der Waals surface area contributed by atoms with Gasteiger partial charge in [-0.25, -0.2) is 9.67 Å². The molecule has 1 unspecified atom stereocenters. The highest BCUT2D eigenvalue weighted by Crippen LogP contribution is 2.15. The van der Waals surface area contributed by atoms with Crippen LogP contribution in [-0.2, 0) is 4.79 Å². The summed E-state index contributed by atoms with van der Waals surface area (Å²) in [7, 11) is 0. The van der Waals surface area contributed by atoms with Crippen molar-refractivity contribution in [2.75, 3.05) is 6.54 Å². The van der Waals surface area contributed by atoms with Crippen molar-refractivity contribution >= 4 is 17.5 Å². The van der Waals surface area contributed by atoms with Crippen molar-refractivity contribution in [2.45, 2.75) is 13.0 Å². The number of nitro groups is 1. The third kappa shape index (κ3) is 5.01. The quantitative estimate of drug-likeness (QED) is 0.464. The minimum Gasteiger partial charge on any atom is -0.348 e. The van der Waals surface area contributed by atoms with Crippen LogP contribution in [0.2, 0.25) is 0 Å². The Bertz CT molecular complexity index is 1020. The van der Waals surface area contributed by atoms with Gasteiger partial charge in [-0.3, -0.25) is 19.7 Å². The third-order valence-electron chi connectivity index (χ3n) is 4.18. The fraction of sp³-hybridized carbons (Fsp3) is 0.158. The Morgan fingerprint density at radius 2 is 1.97 bits per heavy atom. The SMILES string of the molecule is CC(NC(=O)CNC(=O)c1cccc([N+](=O)[O-])c1)c1ccc(-n2cncn2)cc1. The summed E-state index contributed by atoms with van der Waals surface area (Å²) < 4.78 is 1.62. The molecule has 3 aromatic rings. The van der Waals surface area contributed by atoms with Crippen molar-refractivity contribution in [3.05, 3.63) is 82.4 Å². The van der Waals surface area contributed by atoms with Crippen LogP contribution in [0.25, 0.3) is 5.69 Å². The number of carbonyl (C=O) groups excluding carboxylic acids is 2. The first-order valence-corrected chi connectivity index (χ1v) is 8.71. The van der Waals surface area contributed by atoms with Crippen LogP contribution < -0.4 is 10.6 Å². The highest BCUT2D eigenvalue weighted by molar-refractivity contribution is 5.97. The molecule has 2 amide bonds. The molecule has 10 nitrogen and oxygen atoms in total. The number of carbonyl (C=O) groups is 2. The van der Waals surface area contributed by atoms with Gasteiger partial charge in [0.15, 0.2) is 0 Å². The summed E-state index contributed by atoms with van der Waals surface area (Å²) in [5.74, 6) is -0.940. The van der Waals surface area contributed by atoms with Crippen molar-refractivity contribution < 1.29 is 14.5 Å². The molecular formula is C19H18N6O4. The van der Waals surface area contributed by atoms with Gasteiger partial charge in [0, 0.05) is 17.7 Å². The lowest BCUT2D eigenvalue weighted by molar-refractivity contribution is -0.384. The minimum atomic E-state index is -0.584. The van der Waals surface area contributed by atoms with Gasteiger partial charge in [-0.1, -0.05) is 18.2 Å². The monoisotopic (exact) mass is 394 g/mol. The number of rotatable bonds is 7. The summed E-state index contributed by atoms with van der Waals surface area (Å²) in [6.45, 7) is 1.58. The summed E-state index contributed by atoms with van der Waals surface area (Å²) in [5, 5.41) is 20.1. The van der Waals surface area contributed by atoms with E-state index in [-0.39, 0.29) is 29.7 Å². The van der Waals surface area contributed by atoms with E-state index in [9.17, 15) is 19.7 Å². The summed E-state index contributed by atoms with van der Waals surface area (Å²) in [6.07, 6.45) is 3.03. The maximum absolute atomic E-state index is 12.1. The minimum absolute atomic E-state index is 0.115. The molecule has 2 aromatic carbocycles. The maximum Gasteiger partial charge on any atom is 0.270 e. The van der Waals surface area contributed by atoms with Crippen LogP contribution in [-0.4, -0.2) is 38.0 Å². The first-order valence-electron chi connectivity index (χ1n) is 8.71. The molecule has 0 aliphatic heterocycles. The van der Waals surface area contributed by atoms with E-state index in [1.807, 2.05) is 31.2 Å². The van der Waals surface area contributed by atoms with Crippen molar-refractivity contribution in [1.29, 1.82) is 0 Å². The van der Waals surface area contributed by atoms with Crippen molar-refractivity contribution in [3.63, 3.8) is 0 Å². The molecule has 1 heterocycles. The van der Waals surface area contributed by atoms with Crippen LogP contribution in [0.5, 0.6) is 0 Å². The van der Waals surface area contributed by atoms with E-state index < -0.39 is 10.8 Å². The molecule has 0 radical (unpaired) electrons. The average Bonchev–Trinajstić information content (AvgIpc) is 3.27. The van der Waals surface area contributed by atoms with Gasteiger partial charge in [-0.15, -0.1) is 0 Å². The maximum atomic E-state index is 12.1. The highest BCUT2D eigenvalue weighted by atomic mass is 16.6. The number of hydrogen-bond acceptors (Lipinski definition) is 6. The lowest BCUT2D eigenvalue weighted by Gasteiger charge is -2.15. The molecule has 0 spiro atoms. The summed E-state index contributed by atoms with van der Waals surface area (Å²) in [5.41, 5.74) is 1.65. The van der Waals surface area contributed by atoms with E-state index in [4.69, 9.17) is 0 Å². The normalized spacial score (nSPS) is 11.5. The number of nitro benzene ring substituents is 1. The van der Waals surface area contributed by atoms with Crippen molar-refractivity contribution in [2.24, 2.45) is 0 Å². The Balaban J connectivity index is 1.53. The van der Waals surface area contributed by atoms with Gasteiger partial charge in [-0.05, 0) is 30.7 Å². The third-order valence-corrected chi connectivity index (χ3v) is 4.18. The van der Waals surface area contributed by atoms with Crippen molar-refractivity contribution in [3.8, 4) is 5.69 Å². The van der Waals surface area contributed by atoms with Gasteiger partial charge in [-0.2, -0.15) is 5.10 Å². The summed E-state index contributed by atoms with van der Waals surface area (Å²) in [6, 6.07) is 12.5. The van der Waals surface area contributed by atoms with Crippen LogP contribution in [0.1, 0.15) is 28.9 Å². The van der Waals surface area contributed by atoms with E-state index in [0.717, 1.165) is 17.3 Å². The molecule has 0 aliphatic carbocycles. The number of aromatic nitrogens is 3. The Labute approximate surface area is 165 Å². The van der Waals surface area contributed by atoms with Gasteiger partial charge >= 0.3 is 0 Å². The van der Waals surface area contributed by atoms with E-state index in [2.05, 4.69) is 20.7 Å². The number of nitrogens with one attached hydrogen (secondary N) is 2. The molecule has 0 aliphatic rings. The van der Waals surface area contributed by atoms with Gasteiger partial charge in [0.2, 0.25) is 5.91 Å². The lowest BCUT2D eigenvalue weighted by Crippen LogP contribution is -2.38. The van der Waals surface area contributed by atoms with Gasteiger partial charge in [0.05, 0.1) is 23.2 Å². The zero-order valence-electron chi connectivity index (χ0n) is 15.5. The highest BCUT2D eigenvalue weighted by Gasteiger charge is 2.14. The predicted octanol–water partition coefficient (Wildman–Crippen LogP) is 1.78. The van der Waals surface area contributed by atoms with Crippen LogP contribution in [0.3, 0.4) is 0 Å². The smallest absolute Gasteiger partial charge is 0.270 e. The fourth-order valence-electron chi connectivity index (χ4n) is 2.66. The molecule has 1 atom stereocenters. The molecule has 148 valence electrons. The lowest BCUT2D eigenvalue weighted by atomic mass is 10.1. The van der Waals surface area contributed by atoms with E-state index >= 15 is 0 Å². The molecular weight excluding hydrogens is 376 g/mol. The molecule has 29 heavy (non-hydrogen) atoms. The second-order valence-corrected chi connectivity index (χ2v) is 6.21. The van der Waals surface area contributed by atoms with E-state index in [1.54, 1.807) is 11.0 Å². The molecule has 0 saturated carbocycles. The van der Waals surface area contributed by atoms with Crippen LogP contribution in [0.15, 0.2) is 61.2 Å². The number of amides is 2. The molecule has 1 aromatic heterocycles. The zero-order valence-corrected chi connectivity index (χ0v) is 15.5. The number of benzene rings is 2. The van der Waals surface area contributed by atoms with Crippen LogP contribution in [0.4, 0.5) is 5.69 Å². The van der Waals surface area contributed by atoms with Crippen LogP contribution in [0, 0.1) is 10.1 Å². The number of hydrogen-bond donors (Lipinski definition) is 2. The Hall–Kier alpha value is -4.08. The predicted molar refractivity (Wildman–Crippen MR) is 103 cm³/mol. The second-order valence-electron chi connectivity index (χ2n) is 6.21.